The van der Waals surface area contributed by atoms with Crippen molar-refractivity contribution in [2.45, 2.75) is 19.3 Å². The molecule has 0 unspecified atom stereocenters. The van der Waals surface area contributed by atoms with Gasteiger partial charge in [0.25, 0.3) is 5.91 Å². The van der Waals surface area contributed by atoms with Gasteiger partial charge in [0.1, 0.15) is 11.5 Å². The minimum Gasteiger partial charge on any atom is -0.508 e. The molecule has 1 aromatic carbocycles. The molecule has 1 aromatic rings. The fourth-order valence-electron chi connectivity index (χ4n) is 1.40. The molecule has 3 N–H and O–H groups in total. The molecule has 0 bridgehead atoms. The van der Waals surface area contributed by atoms with Crippen LogP contribution in [-0.2, 0) is 0 Å². The number of nitrogens with one attached hydrogen (secondary N) is 1. The SMILES string of the molecule is O=C(NCCCCCI)c1cc(O)ccc1O. The fourth-order valence-corrected chi connectivity index (χ4v) is 1.94. The van der Waals surface area contributed by atoms with Crippen molar-refractivity contribution in [3.63, 3.8) is 0 Å². The standard InChI is InChI=1S/C12H16INO3/c13-6-2-1-3-7-14-12(17)10-8-9(15)4-5-11(10)16/h4-5,8,15-16H,1-3,6-7H2,(H,14,17). The minimum absolute atomic E-state index is 0.0298. The molecule has 0 atom stereocenters. The number of halogens is 1. The number of carbonyl (C=O) groups is 1. The molecule has 4 nitrogen and oxygen atoms in total. The third-order valence-electron chi connectivity index (χ3n) is 2.32. The summed E-state index contributed by atoms with van der Waals surface area (Å²) in [5, 5.41) is 21.4. The zero-order chi connectivity index (χ0) is 12.7. The molecule has 0 aliphatic heterocycles. The highest BCUT2D eigenvalue weighted by atomic mass is 127. The molecule has 0 saturated carbocycles. The third-order valence-corrected chi connectivity index (χ3v) is 3.08. The van der Waals surface area contributed by atoms with E-state index in [1.165, 1.54) is 18.2 Å². The number of unbranched alkanes of at least 4 members (excludes halogenated alkanes) is 2. The summed E-state index contributed by atoms with van der Waals surface area (Å²) in [7, 11) is 0. The highest BCUT2D eigenvalue weighted by molar-refractivity contribution is 14.1. The van der Waals surface area contributed by atoms with E-state index in [2.05, 4.69) is 27.9 Å². The summed E-state index contributed by atoms with van der Waals surface area (Å²) in [5.74, 6) is -0.502. The molecule has 1 rings (SSSR count). The van der Waals surface area contributed by atoms with Crippen LogP contribution in [-0.4, -0.2) is 27.1 Å². The van der Waals surface area contributed by atoms with Gasteiger partial charge in [-0.25, -0.2) is 0 Å². The largest absolute Gasteiger partial charge is 0.508 e. The number of hydrogen-bond acceptors (Lipinski definition) is 3. The van der Waals surface area contributed by atoms with Crippen LogP contribution in [0.15, 0.2) is 18.2 Å². The smallest absolute Gasteiger partial charge is 0.255 e. The number of alkyl halides is 1. The van der Waals surface area contributed by atoms with E-state index in [0.717, 1.165) is 23.7 Å². The van der Waals surface area contributed by atoms with Gasteiger partial charge in [-0.2, -0.15) is 0 Å². The van der Waals surface area contributed by atoms with Crippen LogP contribution in [0.2, 0.25) is 0 Å². The number of aromatic hydroxyl groups is 2. The Morgan fingerprint density at radius 1 is 1.24 bits per heavy atom. The van der Waals surface area contributed by atoms with Crippen LogP contribution in [0.1, 0.15) is 29.6 Å². The first kappa shape index (κ1) is 14.1. The van der Waals surface area contributed by atoms with E-state index in [0.29, 0.717) is 6.54 Å². The number of benzene rings is 1. The Hall–Kier alpha value is -0.980. The third kappa shape index (κ3) is 4.80. The topological polar surface area (TPSA) is 69.6 Å². The lowest BCUT2D eigenvalue weighted by molar-refractivity contribution is 0.0950. The molecule has 1 amide bonds. The molecule has 0 aliphatic rings. The van der Waals surface area contributed by atoms with Crippen molar-refractivity contribution >= 4 is 28.5 Å². The molecule has 17 heavy (non-hydrogen) atoms. The van der Waals surface area contributed by atoms with Crippen molar-refractivity contribution in [1.82, 2.24) is 5.32 Å². The Balaban J connectivity index is 2.44. The van der Waals surface area contributed by atoms with E-state index in [1.54, 1.807) is 0 Å². The van der Waals surface area contributed by atoms with E-state index in [4.69, 9.17) is 0 Å². The molecule has 5 heteroatoms. The van der Waals surface area contributed by atoms with Crippen LogP contribution in [0.25, 0.3) is 0 Å². The predicted molar refractivity (Wildman–Crippen MR) is 74.8 cm³/mol. The number of carbonyl (C=O) groups excluding carboxylic acids is 1. The van der Waals surface area contributed by atoms with Crippen molar-refractivity contribution in [3.05, 3.63) is 23.8 Å². The first-order valence-electron chi connectivity index (χ1n) is 5.51. The highest BCUT2D eigenvalue weighted by Crippen LogP contribution is 2.21. The maximum absolute atomic E-state index is 11.7. The van der Waals surface area contributed by atoms with Gasteiger partial charge in [0.2, 0.25) is 0 Å². The molecular weight excluding hydrogens is 333 g/mol. The fraction of sp³-hybridized carbons (Fsp3) is 0.417. The van der Waals surface area contributed by atoms with Gasteiger partial charge in [-0.15, -0.1) is 0 Å². The summed E-state index contributed by atoms with van der Waals surface area (Å²) in [4.78, 5) is 11.7. The lowest BCUT2D eigenvalue weighted by atomic mass is 10.1. The van der Waals surface area contributed by atoms with Gasteiger partial charge in [-0.05, 0) is 35.5 Å². The van der Waals surface area contributed by atoms with Gasteiger partial charge in [0, 0.05) is 6.54 Å². The summed E-state index contributed by atoms with van der Waals surface area (Å²) in [6.07, 6.45) is 3.15. The van der Waals surface area contributed by atoms with Crippen molar-refractivity contribution in [2.75, 3.05) is 11.0 Å². The Kier molecular flexibility index (Phi) is 6.10. The Bertz CT molecular complexity index is 382. The quantitative estimate of drug-likeness (QED) is 0.320. The van der Waals surface area contributed by atoms with E-state index < -0.39 is 0 Å². The average molecular weight is 349 g/mol. The van der Waals surface area contributed by atoms with Gasteiger partial charge in [0.05, 0.1) is 5.56 Å². The van der Waals surface area contributed by atoms with Gasteiger partial charge >= 0.3 is 0 Å². The number of hydrogen-bond donors (Lipinski definition) is 3. The second-order valence-corrected chi connectivity index (χ2v) is 4.79. The van der Waals surface area contributed by atoms with Gasteiger partial charge in [0.15, 0.2) is 0 Å². The van der Waals surface area contributed by atoms with Crippen LogP contribution in [0.4, 0.5) is 0 Å². The average Bonchev–Trinajstić information content (AvgIpc) is 2.32. The Morgan fingerprint density at radius 3 is 2.71 bits per heavy atom. The molecular formula is C12H16INO3. The van der Waals surface area contributed by atoms with E-state index >= 15 is 0 Å². The second kappa shape index (κ2) is 7.37. The van der Waals surface area contributed by atoms with Crippen LogP contribution >= 0.6 is 22.6 Å². The Labute approximate surface area is 114 Å². The Morgan fingerprint density at radius 2 is 2.00 bits per heavy atom. The lowest BCUT2D eigenvalue weighted by Crippen LogP contribution is -2.24. The maximum atomic E-state index is 11.7. The molecule has 0 heterocycles. The number of phenols is 2. The zero-order valence-electron chi connectivity index (χ0n) is 9.45. The lowest BCUT2D eigenvalue weighted by Gasteiger charge is -2.06. The number of amides is 1. The highest BCUT2D eigenvalue weighted by Gasteiger charge is 2.10. The van der Waals surface area contributed by atoms with E-state index in [1.807, 2.05) is 0 Å². The normalized spacial score (nSPS) is 10.2. The number of rotatable bonds is 6. The minimum atomic E-state index is -0.354. The van der Waals surface area contributed by atoms with Crippen LogP contribution in [0, 0.1) is 0 Å². The molecule has 0 aromatic heterocycles. The van der Waals surface area contributed by atoms with Crippen molar-refractivity contribution in [1.29, 1.82) is 0 Å². The first-order valence-corrected chi connectivity index (χ1v) is 7.04. The van der Waals surface area contributed by atoms with Gasteiger partial charge < -0.3 is 15.5 Å². The van der Waals surface area contributed by atoms with Crippen molar-refractivity contribution in [3.8, 4) is 11.5 Å². The summed E-state index contributed by atoms with van der Waals surface area (Å²) >= 11 is 2.32. The first-order chi connectivity index (χ1) is 8.15. The molecule has 0 spiro atoms. The summed E-state index contributed by atoms with van der Waals surface area (Å²) in [6.45, 7) is 0.588. The second-order valence-electron chi connectivity index (χ2n) is 3.71. The molecule has 0 saturated heterocycles. The predicted octanol–water partition coefficient (Wildman–Crippen LogP) is 2.43. The maximum Gasteiger partial charge on any atom is 0.255 e. The van der Waals surface area contributed by atoms with Crippen molar-refractivity contribution in [2.24, 2.45) is 0 Å². The molecule has 0 radical (unpaired) electrons. The zero-order valence-corrected chi connectivity index (χ0v) is 11.6. The van der Waals surface area contributed by atoms with E-state index in [9.17, 15) is 15.0 Å². The summed E-state index contributed by atoms with van der Waals surface area (Å²) in [5.41, 5.74) is 0.110. The van der Waals surface area contributed by atoms with Crippen LogP contribution < -0.4 is 5.32 Å². The number of phenolic OH excluding ortho intramolecular Hbond substituents is 2. The monoisotopic (exact) mass is 349 g/mol. The molecule has 0 fully saturated rings. The van der Waals surface area contributed by atoms with Crippen molar-refractivity contribution < 1.29 is 15.0 Å². The van der Waals surface area contributed by atoms with Crippen LogP contribution in [0.3, 0.4) is 0 Å². The van der Waals surface area contributed by atoms with Crippen LogP contribution in [0.5, 0.6) is 11.5 Å². The molecule has 94 valence electrons. The summed E-state index contributed by atoms with van der Waals surface area (Å²) in [6, 6.07) is 3.91. The van der Waals surface area contributed by atoms with E-state index in [-0.39, 0.29) is 23.0 Å². The summed E-state index contributed by atoms with van der Waals surface area (Å²) < 4.78 is 1.12. The molecule has 0 aliphatic carbocycles. The van der Waals surface area contributed by atoms with Gasteiger partial charge in [-0.3, -0.25) is 4.79 Å². The van der Waals surface area contributed by atoms with Gasteiger partial charge in [-0.1, -0.05) is 29.0 Å².